The Bertz CT molecular complexity index is 1250. The number of rotatable bonds is 6. The van der Waals surface area contributed by atoms with Crippen LogP contribution < -0.4 is 10.0 Å². The van der Waals surface area contributed by atoms with Gasteiger partial charge in [-0.1, -0.05) is 12.1 Å². The maximum absolute atomic E-state index is 14.0. The lowest BCUT2D eigenvalue weighted by Gasteiger charge is -2.10. The van der Waals surface area contributed by atoms with Crippen molar-refractivity contribution in [3.8, 4) is 11.3 Å². The molecule has 0 aliphatic rings. The zero-order valence-electron chi connectivity index (χ0n) is 16.3. The smallest absolute Gasteiger partial charge is 0.416 e. The molecule has 0 radical (unpaired) electrons. The first-order valence-corrected chi connectivity index (χ1v) is 10.7. The van der Waals surface area contributed by atoms with E-state index in [1.807, 2.05) is 0 Å². The summed E-state index contributed by atoms with van der Waals surface area (Å²) in [5.41, 5.74) is -1.62. The Hall–Kier alpha value is -3.41. The van der Waals surface area contributed by atoms with Crippen molar-refractivity contribution in [2.24, 2.45) is 0 Å². The highest BCUT2D eigenvalue weighted by atomic mass is 32.2. The molecule has 0 aliphatic carbocycles. The third kappa shape index (κ3) is 5.63. The number of alkyl halides is 3. The molecule has 3 aromatic rings. The molecule has 2 N–H and O–H groups in total. The standard InChI is InChI=1S/C20H15F5N2O4S/c1-32(29,30)27-18-14(21)7-11(8-15(18)22)10-26-19(28)17-6-5-16(31-17)12-3-2-4-13(9-12)20(23,24)25/h2-9,27H,10H2,1H3,(H,26,28). The van der Waals surface area contributed by atoms with Crippen molar-refractivity contribution < 1.29 is 39.6 Å². The van der Waals surface area contributed by atoms with Crippen LogP contribution in [0.25, 0.3) is 11.3 Å². The molecule has 1 aromatic heterocycles. The van der Waals surface area contributed by atoms with Gasteiger partial charge >= 0.3 is 6.18 Å². The van der Waals surface area contributed by atoms with Crippen molar-refractivity contribution in [2.75, 3.05) is 11.0 Å². The molecule has 32 heavy (non-hydrogen) atoms. The molecule has 0 atom stereocenters. The number of hydrogen-bond donors (Lipinski definition) is 2. The van der Waals surface area contributed by atoms with Crippen molar-refractivity contribution in [2.45, 2.75) is 12.7 Å². The van der Waals surface area contributed by atoms with Crippen LogP contribution in [-0.2, 0) is 22.7 Å². The lowest BCUT2D eigenvalue weighted by atomic mass is 10.1. The molecular formula is C20H15F5N2O4S. The van der Waals surface area contributed by atoms with Crippen molar-refractivity contribution in [3.05, 3.63) is 77.1 Å². The number of nitrogens with one attached hydrogen (secondary N) is 2. The van der Waals surface area contributed by atoms with E-state index >= 15 is 0 Å². The largest absolute Gasteiger partial charge is 0.451 e. The van der Waals surface area contributed by atoms with Crippen molar-refractivity contribution in [3.63, 3.8) is 0 Å². The van der Waals surface area contributed by atoms with Crippen molar-refractivity contribution >= 4 is 21.6 Å². The summed E-state index contributed by atoms with van der Waals surface area (Å²) in [6, 6.07) is 8.59. The fourth-order valence-electron chi connectivity index (χ4n) is 2.74. The topological polar surface area (TPSA) is 88.4 Å². The van der Waals surface area contributed by atoms with Gasteiger partial charge in [-0.2, -0.15) is 13.2 Å². The molecule has 170 valence electrons. The van der Waals surface area contributed by atoms with Crippen LogP contribution >= 0.6 is 0 Å². The monoisotopic (exact) mass is 474 g/mol. The fraction of sp³-hybridized carbons (Fsp3) is 0.150. The van der Waals surface area contributed by atoms with Crippen LogP contribution in [0.15, 0.2) is 52.9 Å². The van der Waals surface area contributed by atoms with E-state index in [0.29, 0.717) is 0 Å². The molecule has 3 rings (SSSR count). The summed E-state index contributed by atoms with van der Waals surface area (Å²) < 4.78 is 96.0. The third-order valence-corrected chi connectivity index (χ3v) is 4.72. The van der Waals surface area contributed by atoms with E-state index < -0.39 is 45.0 Å². The molecule has 0 unspecified atom stereocenters. The summed E-state index contributed by atoms with van der Waals surface area (Å²) in [5, 5.41) is 2.35. The van der Waals surface area contributed by atoms with Gasteiger partial charge < -0.3 is 9.73 Å². The average molecular weight is 474 g/mol. The number of halogens is 5. The molecule has 1 amide bonds. The number of furan rings is 1. The second kappa shape index (κ2) is 8.61. The highest BCUT2D eigenvalue weighted by Crippen LogP contribution is 2.32. The summed E-state index contributed by atoms with van der Waals surface area (Å²) in [6.07, 6.45) is -3.81. The average Bonchev–Trinajstić information content (AvgIpc) is 3.18. The van der Waals surface area contributed by atoms with E-state index in [-0.39, 0.29) is 29.2 Å². The number of anilines is 1. The zero-order chi connectivity index (χ0) is 23.7. The van der Waals surface area contributed by atoms with Gasteiger partial charge in [0.1, 0.15) is 11.4 Å². The number of hydrogen-bond acceptors (Lipinski definition) is 4. The van der Waals surface area contributed by atoms with E-state index in [0.717, 1.165) is 30.5 Å². The number of amides is 1. The number of carbonyl (C=O) groups is 1. The SMILES string of the molecule is CS(=O)(=O)Nc1c(F)cc(CNC(=O)c2ccc(-c3cccc(C(F)(F)F)c3)o2)cc1F. The third-order valence-electron chi connectivity index (χ3n) is 4.15. The Kier molecular flexibility index (Phi) is 6.26. The van der Waals surface area contributed by atoms with Gasteiger partial charge in [0.15, 0.2) is 17.4 Å². The van der Waals surface area contributed by atoms with Crippen molar-refractivity contribution in [1.29, 1.82) is 0 Å². The Morgan fingerprint density at radius 1 is 1.03 bits per heavy atom. The maximum atomic E-state index is 14.0. The van der Waals surface area contributed by atoms with Crippen LogP contribution in [0, 0.1) is 11.6 Å². The number of sulfonamides is 1. The van der Waals surface area contributed by atoms with Crippen LogP contribution in [0.1, 0.15) is 21.7 Å². The quantitative estimate of drug-likeness (QED) is 0.514. The van der Waals surface area contributed by atoms with E-state index in [1.165, 1.54) is 24.3 Å². The van der Waals surface area contributed by atoms with Gasteiger partial charge in [-0.25, -0.2) is 17.2 Å². The van der Waals surface area contributed by atoms with Crippen LogP contribution in [0.3, 0.4) is 0 Å². The molecule has 1 heterocycles. The highest BCUT2D eigenvalue weighted by Gasteiger charge is 2.30. The lowest BCUT2D eigenvalue weighted by Crippen LogP contribution is -2.22. The Morgan fingerprint density at radius 2 is 1.69 bits per heavy atom. The van der Waals surface area contributed by atoms with E-state index in [9.17, 15) is 35.2 Å². The molecule has 0 saturated heterocycles. The van der Waals surface area contributed by atoms with E-state index in [2.05, 4.69) is 5.32 Å². The van der Waals surface area contributed by atoms with Gasteiger partial charge in [-0.05, 0) is 42.0 Å². The first-order chi connectivity index (χ1) is 14.8. The van der Waals surface area contributed by atoms with Gasteiger partial charge in [0.2, 0.25) is 10.0 Å². The molecule has 0 fully saturated rings. The van der Waals surface area contributed by atoms with Crippen LogP contribution in [0.5, 0.6) is 0 Å². The first kappa shape index (κ1) is 23.3. The Labute approximate surface area is 179 Å². The molecule has 12 heteroatoms. The number of benzene rings is 2. The molecule has 0 spiro atoms. The molecule has 0 bridgehead atoms. The first-order valence-electron chi connectivity index (χ1n) is 8.85. The van der Waals surface area contributed by atoms with Gasteiger partial charge in [0.25, 0.3) is 5.91 Å². The molecule has 0 aliphatic heterocycles. The summed E-state index contributed by atoms with van der Waals surface area (Å²) in [4.78, 5) is 12.2. The zero-order valence-corrected chi connectivity index (χ0v) is 17.1. The Balaban J connectivity index is 1.71. The molecule has 2 aromatic carbocycles. The normalized spacial score (nSPS) is 11.9. The maximum Gasteiger partial charge on any atom is 0.416 e. The van der Waals surface area contributed by atoms with Crippen molar-refractivity contribution in [1.82, 2.24) is 5.32 Å². The van der Waals surface area contributed by atoms with Gasteiger partial charge in [-0.15, -0.1) is 0 Å². The Morgan fingerprint density at radius 3 is 2.28 bits per heavy atom. The van der Waals surface area contributed by atoms with Gasteiger partial charge in [0, 0.05) is 12.1 Å². The van der Waals surface area contributed by atoms with E-state index in [1.54, 1.807) is 4.72 Å². The van der Waals surface area contributed by atoms with Gasteiger partial charge in [-0.3, -0.25) is 9.52 Å². The molecule has 6 nitrogen and oxygen atoms in total. The second-order valence-electron chi connectivity index (χ2n) is 6.73. The summed E-state index contributed by atoms with van der Waals surface area (Å²) in [7, 11) is -3.90. The minimum atomic E-state index is -4.54. The van der Waals surface area contributed by atoms with Gasteiger partial charge in [0.05, 0.1) is 11.8 Å². The summed E-state index contributed by atoms with van der Waals surface area (Å²) in [6.45, 7) is -0.328. The minimum Gasteiger partial charge on any atom is -0.451 e. The predicted molar refractivity (Wildman–Crippen MR) is 105 cm³/mol. The minimum absolute atomic E-state index is 0.00272. The predicted octanol–water partition coefficient (Wildman–Crippen LogP) is 4.55. The molecular weight excluding hydrogens is 459 g/mol. The van der Waals surface area contributed by atoms with Crippen LogP contribution in [-0.4, -0.2) is 20.6 Å². The van der Waals surface area contributed by atoms with Crippen LogP contribution in [0.2, 0.25) is 0 Å². The summed E-state index contributed by atoms with van der Waals surface area (Å²) in [5.74, 6) is -3.33. The number of carbonyl (C=O) groups excluding carboxylic acids is 1. The fourth-order valence-corrected chi connectivity index (χ4v) is 3.31. The highest BCUT2D eigenvalue weighted by molar-refractivity contribution is 7.92. The van der Waals surface area contributed by atoms with E-state index in [4.69, 9.17) is 4.42 Å². The van der Waals surface area contributed by atoms with Crippen LogP contribution in [0.4, 0.5) is 27.6 Å². The summed E-state index contributed by atoms with van der Waals surface area (Å²) >= 11 is 0. The second-order valence-corrected chi connectivity index (χ2v) is 8.48. The molecule has 0 saturated carbocycles. The lowest BCUT2D eigenvalue weighted by molar-refractivity contribution is -0.137.